The standard InChI is InChI=1S/C19H21F3N6O/c1-2-3-6-14-12-28(27-26-14)17-10-9-13(11-23-17)24-18(29)25-16-8-5-4-7-15(16)19(20,21)22/h4-5,7-12,18,24-25,29H,2-3,6H2,1H3. The van der Waals surface area contributed by atoms with Gasteiger partial charge >= 0.3 is 6.18 Å². The molecule has 0 bridgehead atoms. The Morgan fingerprint density at radius 3 is 2.62 bits per heavy atom. The fraction of sp³-hybridized carbons (Fsp3) is 0.316. The van der Waals surface area contributed by atoms with Crippen LogP contribution in [-0.2, 0) is 12.6 Å². The van der Waals surface area contributed by atoms with Crippen molar-refractivity contribution in [2.45, 2.75) is 38.7 Å². The zero-order valence-electron chi connectivity index (χ0n) is 15.7. The molecule has 0 saturated carbocycles. The number of anilines is 2. The summed E-state index contributed by atoms with van der Waals surface area (Å²) in [5.74, 6) is 0.538. The van der Waals surface area contributed by atoms with Crippen LogP contribution >= 0.6 is 0 Å². The maximum Gasteiger partial charge on any atom is 0.418 e. The highest BCUT2D eigenvalue weighted by Crippen LogP contribution is 2.34. The van der Waals surface area contributed by atoms with Crippen LogP contribution in [-0.4, -0.2) is 31.4 Å². The van der Waals surface area contributed by atoms with Gasteiger partial charge in [0.15, 0.2) is 5.82 Å². The van der Waals surface area contributed by atoms with Gasteiger partial charge in [-0.05, 0) is 37.1 Å². The molecule has 1 atom stereocenters. The predicted molar refractivity (Wildman–Crippen MR) is 102 cm³/mol. The second kappa shape index (κ2) is 8.91. The number of halogens is 3. The van der Waals surface area contributed by atoms with Gasteiger partial charge in [-0.3, -0.25) is 0 Å². The van der Waals surface area contributed by atoms with Crippen molar-refractivity contribution >= 4 is 11.4 Å². The molecule has 0 spiro atoms. The Balaban J connectivity index is 1.63. The maximum absolute atomic E-state index is 13.0. The number of aromatic nitrogens is 4. The van der Waals surface area contributed by atoms with Crippen molar-refractivity contribution in [2.75, 3.05) is 10.6 Å². The number of rotatable bonds is 8. The normalized spacial score (nSPS) is 12.6. The van der Waals surface area contributed by atoms with E-state index in [4.69, 9.17) is 0 Å². The summed E-state index contributed by atoms with van der Waals surface area (Å²) in [6.07, 6.45) is 0.206. The molecule has 0 amide bonds. The number of aliphatic hydroxyl groups excluding tert-OH is 1. The molecule has 29 heavy (non-hydrogen) atoms. The second-order valence-electron chi connectivity index (χ2n) is 6.40. The number of aliphatic hydroxyl groups is 1. The molecular formula is C19H21F3N6O. The quantitative estimate of drug-likeness (QED) is 0.493. The zero-order valence-corrected chi connectivity index (χ0v) is 15.7. The van der Waals surface area contributed by atoms with Crippen LogP contribution in [0, 0.1) is 0 Å². The van der Waals surface area contributed by atoms with Gasteiger partial charge < -0.3 is 15.7 Å². The molecule has 3 aromatic rings. The second-order valence-corrected chi connectivity index (χ2v) is 6.40. The van der Waals surface area contributed by atoms with Gasteiger partial charge in [-0.25, -0.2) is 9.67 Å². The summed E-state index contributed by atoms with van der Waals surface area (Å²) in [6, 6.07) is 8.23. The summed E-state index contributed by atoms with van der Waals surface area (Å²) < 4.78 is 40.7. The van der Waals surface area contributed by atoms with E-state index in [-0.39, 0.29) is 5.69 Å². The van der Waals surface area contributed by atoms with E-state index >= 15 is 0 Å². The maximum atomic E-state index is 13.0. The average Bonchev–Trinajstić information content (AvgIpc) is 3.15. The number of pyridine rings is 1. The van der Waals surface area contributed by atoms with E-state index in [0.29, 0.717) is 11.5 Å². The summed E-state index contributed by atoms with van der Waals surface area (Å²) in [6.45, 7) is 2.10. The molecule has 2 aromatic heterocycles. The van der Waals surface area contributed by atoms with Gasteiger partial charge in [0.2, 0.25) is 6.35 Å². The van der Waals surface area contributed by atoms with Gasteiger partial charge in [-0.15, -0.1) is 5.10 Å². The zero-order chi connectivity index (χ0) is 20.9. The molecule has 0 aliphatic heterocycles. The lowest BCUT2D eigenvalue weighted by Gasteiger charge is -2.20. The van der Waals surface area contributed by atoms with Crippen molar-refractivity contribution in [1.29, 1.82) is 0 Å². The summed E-state index contributed by atoms with van der Waals surface area (Å²) in [5.41, 5.74) is 0.203. The van der Waals surface area contributed by atoms with E-state index in [2.05, 4.69) is 32.9 Å². The van der Waals surface area contributed by atoms with Crippen LogP contribution in [0.1, 0.15) is 31.0 Å². The number of nitrogens with one attached hydrogen (secondary N) is 2. The van der Waals surface area contributed by atoms with E-state index < -0.39 is 18.1 Å². The van der Waals surface area contributed by atoms with Crippen LogP contribution in [0.4, 0.5) is 24.5 Å². The average molecular weight is 406 g/mol. The van der Waals surface area contributed by atoms with Crippen LogP contribution in [0.5, 0.6) is 0 Å². The molecule has 1 aromatic carbocycles. The van der Waals surface area contributed by atoms with E-state index in [0.717, 1.165) is 31.0 Å². The number of alkyl halides is 3. The summed E-state index contributed by atoms with van der Waals surface area (Å²) in [7, 11) is 0. The van der Waals surface area contributed by atoms with Crippen LogP contribution in [0.2, 0.25) is 0 Å². The Kier molecular flexibility index (Phi) is 6.32. The molecule has 0 aliphatic rings. The molecule has 10 heteroatoms. The van der Waals surface area contributed by atoms with Crippen molar-refractivity contribution < 1.29 is 18.3 Å². The largest absolute Gasteiger partial charge is 0.418 e. The molecule has 3 rings (SSSR count). The monoisotopic (exact) mass is 406 g/mol. The Labute approximate surface area is 165 Å². The summed E-state index contributed by atoms with van der Waals surface area (Å²) in [4.78, 5) is 4.24. The highest BCUT2D eigenvalue weighted by molar-refractivity contribution is 5.54. The van der Waals surface area contributed by atoms with Crippen LogP contribution in [0.25, 0.3) is 5.82 Å². The molecule has 7 nitrogen and oxygen atoms in total. The molecule has 0 saturated heterocycles. The number of unbranched alkanes of at least 4 members (excludes halogenated alkanes) is 1. The Morgan fingerprint density at radius 2 is 1.93 bits per heavy atom. The number of nitrogens with zero attached hydrogens (tertiary/aromatic N) is 4. The first-order valence-corrected chi connectivity index (χ1v) is 9.12. The molecule has 0 fully saturated rings. The lowest BCUT2D eigenvalue weighted by Crippen LogP contribution is -2.29. The third-order valence-electron chi connectivity index (χ3n) is 4.14. The summed E-state index contributed by atoms with van der Waals surface area (Å²) >= 11 is 0. The minimum Gasteiger partial charge on any atom is -0.357 e. The van der Waals surface area contributed by atoms with Crippen molar-refractivity contribution in [1.82, 2.24) is 20.0 Å². The topological polar surface area (TPSA) is 87.9 Å². The van der Waals surface area contributed by atoms with E-state index in [1.165, 1.54) is 24.4 Å². The van der Waals surface area contributed by atoms with Crippen LogP contribution in [0.15, 0.2) is 48.8 Å². The Bertz CT molecular complexity index is 926. The third kappa shape index (κ3) is 5.44. The lowest BCUT2D eigenvalue weighted by atomic mass is 10.1. The predicted octanol–water partition coefficient (Wildman–Crippen LogP) is 3.82. The molecule has 0 aliphatic carbocycles. The number of para-hydroxylation sites is 1. The van der Waals surface area contributed by atoms with Gasteiger partial charge in [-0.2, -0.15) is 13.2 Å². The minimum absolute atomic E-state index is 0.230. The van der Waals surface area contributed by atoms with Gasteiger partial charge in [0.1, 0.15) is 0 Å². The molecule has 3 N–H and O–H groups in total. The molecule has 154 valence electrons. The highest BCUT2D eigenvalue weighted by Gasteiger charge is 2.33. The van der Waals surface area contributed by atoms with Crippen molar-refractivity contribution in [3.8, 4) is 5.82 Å². The fourth-order valence-corrected chi connectivity index (χ4v) is 2.69. The van der Waals surface area contributed by atoms with Crippen molar-refractivity contribution in [3.05, 3.63) is 60.0 Å². The first kappa shape index (κ1) is 20.6. The van der Waals surface area contributed by atoms with Crippen LogP contribution < -0.4 is 10.6 Å². The van der Waals surface area contributed by atoms with E-state index in [9.17, 15) is 18.3 Å². The third-order valence-corrected chi connectivity index (χ3v) is 4.14. The number of hydrogen-bond donors (Lipinski definition) is 3. The van der Waals surface area contributed by atoms with Crippen molar-refractivity contribution in [3.63, 3.8) is 0 Å². The highest BCUT2D eigenvalue weighted by atomic mass is 19.4. The smallest absolute Gasteiger partial charge is 0.357 e. The molecule has 1 unspecified atom stereocenters. The Hall–Kier alpha value is -3.14. The van der Waals surface area contributed by atoms with Gasteiger partial charge in [-0.1, -0.05) is 30.7 Å². The SMILES string of the molecule is CCCCc1cn(-c2ccc(NC(O)Nc3ccccc3C(F)(F)F)cn2)nn1. The van der Waals surface area contributed by atoms with Gasteiger partial charge in [0, 0.05) is 5.69 Å². The van der Waals surface area contributed by atoms with Crippen LogP contribution in [0.3, 0.4) is 0 Å². The first-order valence-electron chi connectivity index (χ1n) is 9.12. The number of benzene rings is 1. The van der Waals surface area contributed by atoms with Gasteiger partial charge in [0.05, 0.1) is 29.3 Å². The van der Waals surface area contributed by atoms with E-state index in [1.54, 1.807) is 23.0 Å². The lowest BCUT2D eigenvalue weighted by molar-refractivity contribution is -0.137. The van der Waals surface area contributed by atoms with Gasteiger partial charge in [0.25, 0.3) is 0 Å². The molecule has 0 radical (unpaired) electrons. The minimum atomic E-state index is -4.53. The number of aryl methyl sites for hydroxylation is 1. The molecule has 2 heterocycles. The summed E-state index contributed by atoms with van der Waals surface area (Å²) in [5, 5.41) is 23.3. The molecular weight excluding hydrogens is 385 g/mol. The fourth-order valence-electron chi connectivity index (χ4n) is 2.69. The van der Waals surface area contributed by atoms with E-state index in [1.807, 2.05) is 0 Å². The first-order chi connectivity index (χ1) is 13.9. The van der Waals surface area contributed by atoms with Crippen molar-refractivity contribution in [2.24, 2.45) is 0 Å². The Morgan fingerprint density at radius 1 is 1.14 bits per heavy atom. The number of hydrogen-bond acceptors (Lipinski definition) is 6.